The van der Waals surface area contributed by atoms with Crippen molar-refractivity contribution in [3.8, 4) is 0 Å². The van der Waals surface area contributed by atoms with Crippen LogP contribution < -0.4 is 11.1 Å². The van der Waals surface area contributed by atoms with E-state index in [1.807, 2.05) is 13.2 Å². The first-order valence-electron chi connectivity index (χ1n) is 7.61. The summed E-state index contributed by atoms with van der Waals surface area (Å²) in [5, 5.41) is 3.48. The Labute approximate surface area is 117 Å². The fourth-order valence-corrected chi connectivity index (χ4v) is 3.32. The van der Waals surface area contributed by atoms with E-state index in [-0.39, 0.29) is 0 Å². The Bertz CT molecular complexity index is 395. The van der Waals surface area contributed by atoms with Crippen LogP contribution in [0.25, 0.3) is 0 Å². The average Bonchev–Trinajstić information content (AvgIpc) is 2.36. The Morgan fingerprint density at radius 3 is 2.47 bits per heavy atom. The highest BCUT2D eigenvalue weighted by molar-refractivity contribution is 5.43. The molecule has 1 aromatic heterocycles. The van der Waals surface area contributed by atoms with Crippen molar-refractivity contribution in [1.82, 2.24) is 10.3 Å². The molecule has 1 saturated carbocycles. The van der Waals surface area contributed by atoms with Gasteiger partial charge in [0.2, 0.25) is 0 Å². The zero-order valence-electron chi connectivity index (χ0n) is 12.3. The number of pyridine rings is 1. The monoisotopic (exact) mass is 261 g/mol. The van der Waals surface area contributed by atoms with Crippen molar-refractivity contribution in [2.24, 2.45) is 5.92 Å². The molecule has 0 aliphatic heterocycles. The predicted octanol–water partition coefficient (Wildman–Crippen LogP) is 3.59. The van der Waals surface area contributed by atoms with Crippen LogP contribution in [-0.4, -0.2) is 12.0 Å². The molecule has 3 N–H and O–H groups in total. The van der Waals surface area contributed by atoms with Crippen LogP contribution in [-0.2, 0) is 0 Å². The molecule has 2 rings (SSSR count). The number of nitrogen functional groups attached to an aromatic ring is 1. The van der Waals surface area contributed by atoms with Crippen molar-refractivity contribution in [3.05, 3.63) is 23.4 Å². The number of hydrogen-bond acceptors (Lipinski definition) is 3. The summed E-state index contributed by atoms with van der Waals surface area (Å²) >= 11 is 0. The van der Waals surface area contributed by atoms with E-state index >= 15 is 0 Å². The fraction of sp³-hybridized carbons (Fsp3) is 0.688. The molecule has 0 saturated heterocycles. The van der Waals surface area contributed by atoms with Gasteiger partial charge in [-0.15, -0.1) is 0 Å². The summed E-state index contributed by atoms with van der Waals surface area (Å²) in [6, 6.07) is 2.55. The Morgan fingerprint density at radius 1 is 1.21 bits per heavy atom. The van der Waals surface area contributed by atoms with Crippen LogP contribution in [0.2, 0.25) is 0 Å². The Balaban J connectivity index is 2.19. The minimum Gasteiger partial charge on any atom is -0.383 e. The van der Waals surface area contributed by atoms with Gasteiger partial charge in [0.25, 0.3) is 0 Å². The maximum Gasteiger partial charge on any atom is 0.128 e. The van der Waals surface area contributed by atoms with Gasteiger partial charge in [0, 0.05) is 17.8 Å². The average molecular weight is 261 g/mol. The SMILES string of the molecule is CNC(c1cc(C)cnc1N)C1CCCCCCC1. The molecule has 0 spiro atoms. The first-order valence-corrected chi connectivity index (χ1v) is 7.61. The van der Waals surface area contributed by atoms with Crippen LogP contribution in [0.4, 0.5) is 5.82 Å². The summed E-state index contributed by atoms with van der Waals surface area (Å²) in [5.41, 5.74) is 8.47. The Hall–Kier alpha value is -1.09. The number of nitrogens with one attached hydrogen (secondary N) is 1. The molecule has 1 aliphatic carbocycles. The molecule has 1 aromatic rings. The third kappa shape index (κ3) is 3.69. The lowest BCUT2D eigenvalue weighted by Crippen LogP contribution is -2.27. The van der Waals surface area contributed by atoms with Gasteiger partial charge in [-0.05, 0) is 44.4 Å². The van der Waals surface area contributed by atoms with E-state index in [2.05, 4.69) is 23.3 Å². The highest BCUT2D eigenvalue weighted by atomic mass is 14.9. The van der Waals surface area contributed by atoms with Gasteiger partial charge in [0.05, 0.1) is 0 Å². The van der Waals surface area contributed by atoms with Crippen molar-refractivity contribution in [3.63, 3.8) is 0 Å². The van der Waals surface area contributed by atoms with E-state index in [1.165, 1.54) is 56.1 Å². The quantitative estimate of drug-likeness (QED) is 0.874. The van der Waals surface area contributed by atoms with E-state index in [1.54, 1.807) is 0 Å². The molecule has 19 heavy (non-hydrogen) atoms. The van der Waals surface area contributed by atoms with E-state index in [4.69, 9.17) is 5.73 Å². The predicted molar refractivity (Wildman–Crippen MR) is 81.0 cm³/mol. The fourth-order valence-electron chi connectivity index (χ4n) is 3.32. The number of aryl methyl sites for hydroxylation is 1. The van der Waals surface area contributed by atoms with Crippen molar-refractivity contribution >= 4 is 5.82 Å². The normalized spacial score (nSPS) is 19.7. The lowest BCUT2D eigenvalue weighted by Gasteiger charge is -2.29. The van der Waals surface area contributed by atoms with Crippen LogP contribution in [0, 0.1) is 12.8 Å². The number of aromatic nitrogens is 1. The summed E-state index contributed by atoms with van der Waals surface area (Å²) in [6.07, 6.45) is 11.3. The first kappa shape index (κ1) is 14.3. The lowest BCUT2D eigenvalue weighted by atomic mass is 9.83. The summed E-state index contributed by atoms with van der Waals surface area (Å²) in [4.78, 5) is 4.32. The molecule has 3 heteroatoms. The maximum atomic E-state index is 6.09. The molecule has 0 aromatic carbocycles. The molecule has 1 aliphatic rings. The van der Waals surface area contributed by atoms with Crippen LogP contribution in [0.15, 0.2) is 12.3 Å². The van der Waals surface area contributed by atoms with Crippen LogP contribution in [0.3, 0.4) is 0 Å². The van der Waals surface area contributed by atoms with Gasteiger partial charge in [0.1, 0.15) is 5.82 Å². The Morgan fingerprint density at radius 2 is 1.84 bits per heavy atom. The van der Waals surface area contributed by atoms with Crippen LogP contribution in [0.5, 0.6) is 0 Å². The lowest BCUT2D eigenvalue weighted by molar-refractivity contribution is 0.299. The molecule has 1 atom stereocenters. The molecule has 1 heterocycles. The molecule has 0 bridgehead atoms. The van der Waals surface area contributed by atoms with Gasteiger partial charge in [-0.1, -0.05) is 32.1 Å². The van der Waals surface area contributed by atoms with E-state index in [0.717, 1.165) is 0 Å². The second-order valence-corrected chi connectivity index (χ2v) is 5.86. The Kier molecular flexibility index (Phi) is 5.20. The number of nitrogens with zero attached hydrogens (tertiary/aromatic N) is 1. The van der Waals surface area contributed by atoms with Gasteiger partial charge in [-0.2, -0.15) is 0 Å². The smallest absolute Gasteiger partial charge is 0.128 e. The van der Waals surface area contributed by atoms with Gasteiger partial charge < -0.3 is 11.1 Å². The largest absolute Gasteiger partial charge is 0.383 e. The topological polar surface area (TPSA) is 50.9 Å². The molecule has 106 valence electrons. The molecule has 0 radical (unpaired) electrons. The first-order chi connectivity index (χ1) is 9.22. The third-order valence-corrected chi connectivity index (χ3v) is 4.35. The number of rotatable bonds is 3. The molecule has 3 nitrogen and oxygen atoms in total. The molecule has 0 amide bonds. The van der Waals surface area contributed by atoms with E-state index in [9.17, 15) is 0 Å². The van der Waals surface area contributed by atoms with Gasteiger partial charge >= 0.3 is 0 Å². The summed E-state index contributed by atoms with van der Waals surface area (Å²) in [7, 11) is 2.05. The minimum atomic E-state index is 0.352. The summed E-state index contributed by atoms with van der Waals surface area (Å²) < 4.78 is 0. The van der Waals surface area contributed by atoms with Crippen molar-refractivity contribution in [2.45, 2.75) is 57.9 Å². The van der Waals surface area contributed by atoms with Crippen molar-refractivity contribution < 1.29 is 0 Å². The standard InChI is InChI=1S/C16H27N3/c1-12-10-14(16(17)19-11-12)15(18-2)13-8-6-4-3-5-7-9-13/h10-11,13,15,18H,3-9H2,1-2H3,(H2,17,19). The van der Waals surface area contributed by atoms with Gasteiger partial charge in [-0.3, -0.25) is 0 Å². The zero-order valence-corrected chi connectivity index (χ0v) is 12.3. The minimum absolute atomic E-state index is 0.352. The summed E-state index contributed by atoms with van der Waals surface area (Å²) in [5.74, 6) is 1.38. The van der Waals surface area contributed by atoms with E-state index < -0.39 is 0 Å². The number of anilines is 1. The molecular formula is C16H27N3. The molecule has 1 fully saturated rings. The zero-order chi connectivity index (χ0) is 13.7. The highest BCUT2D eigenvalue weighted by Gasteiger charge is 2.24. The van der Waals surface area contributed by atoms with E-state index in [0.29, 0.717) is 17.8 Å². The van der Waals surface area contributed by atoms with Crippen LogP contribution in [0.1, 0.15) is 62.1 Å². The second-order valence-electron chi connectivity index (χ2n) is 5.86. The summed E-state index contributed by atoms with van der Waals surface area (Å²) in [6.45, 7) is 2.08. The third-order valence-electron chi connectivity index (χ3n) is 4.35. The van der Waals surface area contributed by atoms with Crippen molar-refractivity contribution in [2.75, 3.05) is 12.8 Å². The van der Waals surface area contributed by atoms with Crippen LogP contribution >= 0.6 is 0 Å². The maximum absolute atomic E-state index is 6.09. The number of hydrogen-bond donors (Lipinski definition) is 2. The van der Waals surface area contributed by atoms with Gasteiger partial charge in [0.15, 0.2) is 0 Å². The number of nitrogens with two attached hydrogens (primary N) is 1. The molecular weight excluding hydrogens is 234 g/mol. The van der Waals surface area contributed by atoms with Crippen molar-refractivity contribution in [1.29, 1.82) is 0 Å². The molecule has 1 unspecified atom stereocenters. The second kappa shape index (κ2) is 6.90. The highest BCUT2D eigenvalue weighted by Crippen LogP contribution is 2.34. The van der Waals surface area contributed by atoms with Gasteiger partial charge in [-0.25, -0.2) is 4.98 Å².